The van der Waals surface area contributed by atoms with E-state index in [1.807, 2.05) is 0 Å². The first-order valence-electron chi connectivity index (χ1n) is 4.24. The van der Waals surface area contributed by atoms with Gasteiger partial charge in [0.25, 0.3) is 0 Å². The molecule has 3 rings (SSSR count). The van der Waals surface area contributed by atoms with Gasteiger partial charge in [-0.15, -0.1) is 0 Å². The number of fused-ring (bicyclic) bond motifs is 3. The fraction of sp³-hybridized carbons (Fsp3) is 0.875. The smallest absolute Gasteiger partial charge is 0.306 e. The van der Waals surface area contributed by atoms with Crippen LogP contribution in [-0.4, -0.2) is 35.5 Å². The van der Waals surface area contributed by atoms with Crippen LogP contribution in [0.1, 0.15) is 12.8 Å². The molecular formula is C8H10O4. The van der Waals surface area contributed by atoms with Crippen LogP contribution < -0.4 is 0 Å². The van der Waals surface area contributed by atoms with E-state index in [0.717, 1.165) is 6.42 Å². The maximum Gasteiger partial charge on any atom is 0.306 e. The van der Waals surface area contributed by atoms with Crippen molar-refractivity contribution in [2.75, 3.05) is 6.61 Å². The van der Waals surface area contributed by atoms with Crippen LogP contribution in [0.4, 0.5) is 0 Å². The first-order valence-corrected chi connectivity index (χ1v) is 4.24. The van der Waals surface area contributed by atoms with Gasteiger partial charge < -0.3 is 14.6 Å². The second-order valence-electron chi connectivity index (χ2n) is 3.79. The normalized spacial score (nSPS) is 54.8. The van der Waals surface area contributed by atoms with E-state index in [-0.39, 0.29) is 30.7 Å². The van der Waals surface area contributed by atoms with Crippen molar-refractivity contribution in [2.24, 2.45) is 5.92 Å². The largest absolute Gasteiger partial charge is 0.462 e. The predicted molar refractivity (Wildman–Crippen MR) is 37.3 cm³/mol. The highest BCUT2D eigenvalue weighted by Gasteiger charge is 2.71. The molecule has 1 N–H and O–H groups in total. The summed E-state index contributed by atoms with van der Waals surface area (Å²) in [5.41, 5.74) is -0.406. The molecule has 2 saturated heterocycles. The standard InChI is InChI=1S/C8H10O4/c9-3-8-4-1-7(10)11-5(4)2-6(8)12-8/h4-6,9H,1-3H2/t4-,5-,6+,8-/m0/s1. The van der Waals surface area contributed by atoms with Gasteiger partial charge in [-0.3, -0.25) is 4.79 Å². The number of rotatable bonds is 1. The zero-order valence-corrected chi connectivity index (χ0v) is 6.53. The Morgan fingerprint density at radius 2 is 2.50 bits per heavy atom. The highest BCUT2D eigenvalue weighted by atomic mass is 16.6. The molecule has 0 amide bonds. The number of carbonyl (C=O) groups is 1. The van der Waals surface area contributed by atoms with Gasteiger partial charge in [0.2, 0.25) is 0 Å². The Balaban J connectivity index is 1.90. The third kappa shape index (κ3) is 0.593. The van der Waals surface area contributed by atoms with Crippen LogP contribution >= 0.6 is 0 Å². The summed E-state index contributed by atoms with van der Waals surface area (Å²) in [7, 11) is 0. The Morgan fingerprint density at radius 1 is 1.67 bits per heavy atom. The monoisotopic (exact) mass is 170 g/mol. The van der Waals surface area contributed by atoms with Crippen LogP contribution in [0.15, 0.2) is 0 Å². The number of aliphatic hydroxyl groups excluding tert-OH is 1. The summed E-state index contributed by atoms with van der Waals surface area (Å²) in [6.07, 6.45) is 1.35. The molecule has 0 spiro atoms. The van der Waals surface area contributed by atoms with Crippen LogP contribution in [0.2, 0.25) is 0 Å². The van der Waals surface area contributed by atoms with E-state index in [2.05, 4.69) is 0 Å². The van der Waals surface area contributed by atoms with E-state index < -0.39 is 5.60 Å². The van der Waals surface area contributed by atoms with E-state index >= 15 is 0 Å². The molecule has 12 heavy (non-hydrogen) atoms. The van der Waals surface area contributed by atoms with Crippen molar-refractivity contribution in [3.8, 4) is 0 Å². The van der Waals surface area contributed by atoms with Gasteiger partial charge >= 0.3 is 5.97 Å². The van der Waals surface area contributed by atoms with Gasteiger partial charge in [0.1, 0.15) is 11.7 Å². The van der Waals surface area contributed by atoms with Gasteiger partial charge in [0.15, 0.2) is 0 Å². The van der Waals surface area contributed by atoms with E-state index in [1.54, 1.807) is 0 Å². The lowest BCUT2D eigenvalue weighted by atomic mass is 9.93. The number of hydrogen-bond acceptors (Lipinski definition) is 4. The molecule has 3 fully saturated rings. The molecule has 0 radical (unpaired) electrons. The number of esters is 1. The summed E-state index contributed by atoms with van der Waals surface area (Å²) < 4.78 is 10.5. The van der Waals surface area contributed by atoms with Gasteiger partial charge in [-0.1, -0.05) is 0 Å². The fourth-order valence-electron chi connectivity index (χ4n) is 2.58. The van der Waals surface area contributed by atoms with Crippen molar-refractivity contribution in [3.63, 3.8) is 0 Å². The highest BCUT2D eigenvalue weighted by Crippen LogP contribution is 2.57. The Hall–Kier alpha value is -0.610. The van der Waals surface area contributed by atoms with Crippen LogP contribution in [0.5, 0.6) is 0 Å². The van der Waals surface area contributed by atoms with Crippen molar-refractivity contribution in [3.05, 3.63) is 0 Å². The average molecular weight is 170 g/mol. The van der Waals surface area contributed by atoms with Crippen LogP contribution in [0, 0.1) is 5.92 Å². The van der Waals surface area contributed by atoms with E-state index in [0.29, 0.717) is 6.42 Å². The van der Waals surface area contributed by atoms with E-state index in [1.165, 1.54) is 0 Å². The Morgan fingerprint density at radius 3 is 3.25 bits per heavy atom. The maximum absolute atomic E-state index is 10.9. The number of aliphatic hydroxyl groups is 1. The minimum atomic E-state index is -0.406. The molecule has 2 aliphatic heterocycles. The summed E-state index contributed by atoms with van der Waals surface area (Å²) in [4.78, 5) is 10.9. The average Bonchev–Trinajstić information content (AvgIpc) is 2.49. The SMILES string of the molecule is O=C1C[C@H]2[C@H](C[C@H]3O[C@]32CO)O1. The maximum atomic E-state index is 10.9. The molecule has 1 aliphatic carbocycles. The molecule has 0 bridgehead atoms. The van der Waals surface area contributed by atoms with Crippen molar-refractivity contribution in [2.45, 2.75) is 30.7 Å². The summed E-state index contributed by atoms with van der Waals surface area (Å²) in [5, 5.41) is 9.11. The lowest BCUT2D eigenvalue weighted by Gasteiger charge is -2.15. The van der Waals surface area contributed by atoms with Gasteiger partial charge in [0.05, 0.1) is 19.1 Å². The molecule has 3 aliphatic rings. The lowest BCUT2D eigenvalue weighted by Crippen LogP contribution is -2.29. The van der Waals surface area contributed by atoms with Gasteiger partial charge in [-0.05, 0) is 0 Å². The molecule has 0 aromatic rings. The summed E-state index contributed by atoms with van der Waals surface area (Å²) >= 11 is 0. The third-order valence-electron chi connectivity index (χ3n) is 3.29. The van der Waals surface area contributed by atoms with Crippen molar-refractivity contribution >= 4 is 5.97 Å². The molecule has 66 valence electrons. The molecular weight excluding hydrogens is 160 g/mol. The minimum absolute atomic E-state index is 0.0170. The Labute approximate surface area is 69.5 Å². The van der Waals surface area contributed by atoms with Gasteiger partial charge in [0, 0.05) is 12.3 Å². The molecule has 0 aromatic carbocycles. The highest BCUT2D eigenvalue weighted by molar-refractivity contribution is 5.73. The van der Waals surface area contributed by atoms with Crippen molar-refractivity contribution in [1.29, 1.82) is 0 Å². The molecule has 2 heterocycles. The summed E-state index contributed by atoms with van der Waals surface area (Å²) in [6, 6.07) is 0. The van der Waals surface area contributed by atoms with Crippen LogP contribution in [0.25, 0.3) is 0 Å². The van der Waals surface area contributed by atoms with Gasteiger partial charge in [-0.25, -0.2) is 0 Å². The van der Waals surface area contributed by atoms with Crippen molar-refractivity contribution < 1.29 is 19.4 Å². The van der Waals surface area contributed by atoms with Crippen LogP contribution in [0.3, 0.4) is 0 Å². The number of epoxide rings is 1. The summed E-state index contributed by atoms with van der Waals surface area (Å²) in [6.45, 7) is 0.0233. The van der Waals surface area contributed by atoms with Gasteiger partial charge in [-0.2, -0.15) is 0 Å². The molecule has 4 nitrogen and oxygen atoms in total. The fourth-order valence-corrected chi connectivity index (χ4v) is 2.58. The second-order valence-corrected chi connectivity index (χ2v) is 3.79. The van der Waals surface area contributed by atoms with Crippen LogP contribution in [-0.2, 0) is 14.3 Å². The van der Waals surface area contributed by atoms with E-state index in [9.17, 15) is 4.79 Å². The molecule has 4 heteroatoms. The third-order valence-corrected chi connectivity index (χ3v) is 3.29. The zero-order valence-electron chi connectivity index (χ0n) is 6.53. The quantitative estimate of drug-likeness (QED) is 0.424. The number of ether oxygens (including phenoxy) is 2. The molecule has 0 aromatic heterocycles. The lowest BCUT2D eigenvalue weighted by molar-refractivity contribution is -0.141. The zero-order chi connectivity index (χ0) is 8.34. The van der Waals surface area contributed by atoms with Crippen molar-refractivity contribution in [1.82, 2.24) is 0 Å². The Bertz CT molecular complexity index is 247. The molecule has 0 unspecified atom stereocenters. The second kappa shape index (κ2) is 1.83. The first-order chi connectivity index (χ1) is 5.76. The topological polar surface area (TPSA) is 59.1 Å². The van der Waals surface area contributed by atoms with E-state index in [4.69, 9.17) is 14.6 Å². The summed E-state index contributed by atoms with van der Waals surface area (Å²) in [5.74, 6) is -0.0354. The number of carbonyl (C=O) groups excluding carboxylic acids is 1. The first kappa shape index (κ1) is 6.86. The number of hydrogen-bond donors (Lipinski definition) is 1. The molecule has 4 atom stereocenters. The predicted octanol–water partition coefficient (Wildman–Crippen LogP) is -0.548. The minimum Gasteiger partial charge on any atom is -0.462 e. The molecule has 1 saturated carbocycles. The Kier molecular flexibility index (Phi) is 1.04.